The maximum absolute atomic E-state index is 13.1. The van der Waals surface area contributed by atoms with Gasteiger partial charge in [0.2, 0.25) is 10.0 Å². The fourth-order valence-corrected chi connectivity index (χ4v) is 5.20. The molecule has 3 rings (SSSR count). The lowest BCUT2D eigenvalue weighted by Crippen LogP contribution is -2.43. The average molecular weight is 435 g/mol. The zero-order valence-corrected chi connectivity index (χ0v) is 18.1. The van der Waals surface area contributed by atoms with Gasteiger partial charge in [-0.3, -0.25) is 4.79 Å². The van der Waals surface area contributed by atoms with E-state index in [2.05, 4.69) is 5.32 Å². The molecule has 1 aliphatic heterocycles. The van der Waals surface area contributed by atoms with Crippen molar-refractivity contribution in [2.45, 2.75) is 23.8 Å². The molecule has 1 saturated heterocycles. The molecule has 1 atom stereocenters. The summed E-state index contributed by atoms with van der Waals surface area (Å²) in [6.07, 6.45) is 1.42. The van der Waals surface area contributed by atoms with Crippen LogP contribution in [0.5, 0.6) is 17.2 Å². The monoisotopic (exact) mass is 434 g/mol. The van der Waals surface area contributed by atoms with E-state index in [-0.39, 0.29) is 23.4 Å². The van der Waals surface area contributed by atoms with E-state index >= 15 is 0 Å². The Labute approximate surface area is 176 Å². The maximum Gasteiger partial charge on any atom is 0.251 e. The summed E-state index contributed by atoms with van der Waals surface area (Å²) in [7, 11) is 0.897. The van der Waals surface area contributed by atoms with Gasteiger partial charge in [0.1, 0.15) is 5.75 Å². The number of hydrogen-bond donors (Lipinski definition) is 1. The molecule has 0 saturated carbocycles. The molecule has 1 aliphatic rings. The topological polar surface area (TPSA) is 94.2 Å². The van der Waals surface area contributed by atoms with E-state index < -0.39 is 10.0 Å². The van der Waals surface area contributed by atoms with Crippen molar-refractivity contribution in [2.24, 2.45) is 0 Å². The molecule has 8 nitrogen and oxygen atoms in total. The van der Waals surface area contributed by atoms with E-state index in [1.165, 1.54) is 37.8 Å². The van der Waals surface area contributed by atoms with Crippen LogP contribution in [0.3, 0.4) is 0 Å². The van der Waals surface area contributed by atoms with Crippen LogP contribution in [0.15, 0.2) is 47.4 Å². The largest absolute Gasteiger partial charge is 0.497 e. The van der Waals surface area contributed by atoms with Crippen LogP contribution in [0.25, 0.3) is 0 Å². The Bertz CT molecular complexity index is 991. The third-order valence-corrected chi connectivity index (χ3v) is 7.10. The Balaban J connectivity index is 1.69. The second-order valence-corrected chi connectivity index (χ2v) is 8.76. The number of sulfonamides is 1. The number of carbonyl (C=O) groups is 1. The van der Waals surface area contributed by atoms with Crippen LogP contribution in [-0.4, -0.2) is 59.1 Å². The number of amides is 1. The first kappa shape index (κ1) is 21.9. The highest BCUT2D eigenvalue weighted by molar-refractivity contribution is 7.89. The molecule has 1 amide bonds. The molecule has 2 aromatic rings. The van der Waals surface area contributed by atoms with Crippen LogP contribution in [0, 0.1) is 0 Å². The van der Waals surface area contributed by atoms with Gasteiger partial charge in [0.25, 0.3) is 5.91 Å². The fraction of sp³-hybridized carbons (Fsp3) is 0.381. The minimum Gasteiger partial charge on any atom is -0.497 e. The number of nitrogens with zero attached hydrogens (tertiary/aromatic N) is 1. The van der Waals surface area contributed by atoms with E-state index in [0.29, 0.717) is 35.8 Å². The van der Waals surface area contributed by atoms with Gasteiger partial charge in [-0.1, -0.05) is 0 Å². The number of rotatable bonds is 8. The first-order chi connectivity index (χ1) is 14.4. The van der Waals surface area contributed by atoms with Gasteiger partial charge in [-0.05, 0) is 55.3 Å². The van der Waals surface area contributed by atoms with Crippen LogP contribution >= 0.6 is 0 Å². The van der Waals surface area contributed by atoms with Gasteiger partial charge in [-0.2, -0.15) is 4.31 Å². The zero-order valence-electron chi connectivity index (χ0n) is 17.3. The molecule has 0 radical (unpaired) electrons. The molecule has 1 N–H and O–H groups in total. The molecule has 1 fully saturated rings. The van der Waals surface area contributed by atoms with Crippen molar-refractivity contribution in [3.05, 3.63) is 48.0 Å². The SMILES string of the molecule is COc1ccc(S(=O)(=O)N2CCC[C@@H]2CNC(=O)c2ccc(OC)c(OC)c2)cc1. The number of ether oxygens (including phenoxy) is 3. The summed E-state index contributed by atoms with van der Waals surface area (Å²) < 4.78 is 43.1. The normalized spacial score (nSPS) is 16.8. The molecular formula is C21H26N2O6S. The molecule has 2 aromatic carbocycles. The summed E-state index contributed by atoms with van der Waals surface area (Å²) in [4.78, 5) is 12.8. The fourth-order valence-electron chi connectivity index (χ4n) is 3.50. The number of methoxy groups -OCH3 is 3. The van der Waals surface area contributed by atoms with Crippen LogP contribution < -0.4 is 19.5 Å². The average Bonchev–Trinajstić information content (AvgIpc) is 3.26. The first-order valence-electron chi connectivity index (χ1n) is 9.57. The molecule has 0 aliphatic carbocycles. The van der Waals surface area contributed by atoms with Crippen molar-refractivity contribution in [1.29, 1.82) is 0 Å². The highest BCUT2D eigenvalue weighted by atomic mass is 32.2. The number of benzene rings is 2. The summed E-state index contributed by atoms with van der Waals surface area (Å²) in [5.41, 5.74) is 0.412. The summed E-state index contributed by atoms with van der Waals surface area (Å²) in [6, 6.07) is 10.9. The van der Waals surface area contributed by atoms with E-state index in [1.807, 2.05) is 0 Å². The second kappa shape index (κ2) is 9.36. The Hall–Kier alpha value is -2.78. The highest BCUT2D eigenvalue weighted by Crippen LogP contribution is 2.28. The molecule has 0 bridgehead atoms. The van der Waals surface area contributed by atoms with Gasteiger partial charge >= 0.3 is 0 Å². The Morgan fingerprint density at radius 2 is 1.73 bits per heavy atom. The standard InChI is InChI=1S/C21H26N2O6S/c1-27-17-7-9-18(10-8-17)30(25,26)23-12-4-5-16(23)14-22-21(24)15-6-11-19(28-2)20(13-15)29-3/h6-11,13,16H,4-5,12,14H2,1-3H3,(H,22,24)/t16-/m1/s1. The van der Waals surface area contributed by atoms with E-state index in [1.54, 1.807) is 30.3 Å². The van der Waals surface area contributed by atoms with E-state index in [0.717, 1.165) is 6.42 Å². The van der Waals surface area contributed by atoms with Crippen molar-refractivity contribution < 1.29 is 27.4 Å². The minimum absolute atomic E-state index is 0.210. The van der Waals surface area contributed by atoms with Gasteiger partial charge in [0.15, 0.2) is 11.5 Å². The predicted octanol–water partition coefficient (Wildman–Crippen LogP) is 2.30. The van der Waals surface area contributed by atoms with Crippen LogP contribution in [-0.2, 0) is 10.0 Å². The van der Waals surface area contributed by atoms with Crippen molar-refractivity contribution >= 4 is 15.9 Å². The van der Waals surface area contributed by atoms with Crippen molar-refractivity contribution in [2.75, 3.05) is 34.4 Å². The van der Waals surface area contributed by atoms with Gasteiger partial charge in [-0.15, -0.1) is 0 Å². The van der Waals surface area contributed by atoms with Gasteiger partial charge < -0.3 is 19.5 Å². The molecule has 0 spiro atoms. The lowest BCUT2D eigenvalue weighted by molar-refractivity contribution is 0.0946. The third-order valence-electron chi connectivity index (χ3n) is 5.13. The highest BCUT2D eigenvalue weighted by Gasteiger charge is 2.35. The smallest absolute Gasteiger partial charge is 0.251 e. The predicted molar refractivity (Wildman–Crippen MR) is 112 cm³/mol. The van der Waals surface area contributed by atoms with Crippen LogP contribution in [0.1, 0.15) is 23.2 Å². The summed E-state index contributed by atoms with van der Waals surface area (Å²) >= 11 is 0. The van der Waals surface area contributed by atoms with Gasteiger partial charge in [0.05, 0.1) is 26.2 Å². The second-order valence-electron chi connectivity index (χ2n) is 6.87. The van der Waals surface area contributed by atoms with E-state index in [9.17, 15) is 13.2 Å². The summed E-state index contributed by atoms with van der Waals surface area (Å²) in [5.74, 6) is 1.27. The van der Waals surface area contributed by atoms with Crippen LogP contribution in [0.4, 0.5) is 0 Å². The quantitative estimate of drug-likeness (QED) is 0.685. The Morgan fingerprint density at radius 3 is 2.37 bits per heavy atom. The van der Waals surface area contributed by atoms with Crippen molar-refractivity contribution in [3.63, 3.8) is 0 Å². The third kappa shape index (κ3) is 4.52. The lowest BCUT2D eigenvalue weighted by Gasteiger charge is -2.24. The lowest BCUT2D eigenvalue weighted by atomic mass is 10.1. The molecule has 9 heteroatoms. The van der Waals surface area contributed by atoms with Crippen molar-refractivity contribution in [1.82, 2.24) is 9.62 Å². The first-order valence-corrected chi connectivity index (χ1v) is 11.0. The molecule has 1 heterocycles. The summed E-state index contributed by atoms with van der Waals surface area (Å²) in [6.45, 7) is 0.647. The molecule has 0 unspecified atom stereocenters. The number of hydrogen-bond acceptors (Lipinski definition) is 6. The summed E-state index contributed by atoms with van der Waals surface area (Å²) in [5, 5.41) is 2.84. The van der Waals surface area contributed by atoms with Crippen molar-refractivity contribution in [3.8, 4) is 17.2 Å². The molecule has 162 valence electrons. The minimum atomic E-state index is -3.66. The van der Waals surface area contributed by atoms with E-state index in [4.69, 9.17) is 14.2 Å². The molecule has 30 heavy (non-hydrogen) atoms. The molecule has 0 aromatic heterocycles. The number of nitrogens with one attached hydrogen (secondary N) is 1. The maximum atomic E-state index is 13.1. The number of carbonyl (C=O) groups excluding carboxylic acids is 1. The zero-order chi connectivity index (χ0) is 21.7. The van der Waals surface area contributed by atoms with Crippen LogP contribution in [0.2, 0.25) is 0 Å². The van der Waals surface area contributed by atoms with Gasteiger partial charge in [0, 0.05) is 24.7 Å². The Morgan fingerprint density at radius 1 is 1.03 bits per heavy atom. The molecular weight excluding hydrogens is 408 g/mol. The Kier molecular flexibility index (Phi) is 6.84. The van der Waals surface area contributed by atoms with Gasteiger partial charge in [-0.25, -0.2) is 8.42 Å².